The molecule has 0 aliphatic heterocycles. The Hall–Kier alpha value is -2.48. The van der Waals surface area contributed by atoms with Gasteiger partial charge in [-0.05, 0) is 6.07 Å². The minimum absolute atomic E-state index is 0.311. The molecule has 0 amide bonds. The molecule has 0 spiro atoms. The van der Waals surface area contributed by atoms with Crippen LogP contribution in [0.15, 0.2) is 30.6 Å². The van der Waals surface area contributed by atoms with Crippen LogP contribution in [0.2, 0.25) is 5.02 Å². The Morgan fingerprint density at radius 1 is 1.04 bits per heavy atom. The van der Waals surface area contributed by atoms with Crippen molar-refractivity contribution >= 4 is 17.2 Å². The van der Waals surface area contributed by atoms with E-state index in [1.54, 1.807) is 33.5 Å². The fraction of sp³-hybridized carbons (Fsp3) is 0.278. The molecular weight excluding hydrogens is 356 g/mol. The van der Waals surface area contributed by atoms with Gasteiger partial charge in [-0.3, -0.25) is 0 Å². The number of aromatic nitrogens is 2. The maximum atomic E-state index is 6.27. The van der Waals surface area contributed by atoms with Crippen LogP contribution in [0.3, 0.4) is 0 Å². The molecule has 1 atom stereocenters. The third-order valence-corrected chi connectivity index (χ3v) is 4.50. The van der Waals surface area contributed by atoms with E-state index >= 15 is 0 Å². The highest BCUT2D eigenvalue weighted by Gasteiger charge is 2.17. The van der Waals surface area contributed by atoms with Gasteiger partial charge in [-0.15, -0.1) is 0 Å². The molecule has 7 nitrogen and oxygen atoms in total. The monoisotopic (exact) mass is 376 g/mol. The summed E-state index contributed by atoms with van der Waals surface area (Å²) in [5, 5.41) is 0.476. The zero-order valence-corrected chi connectivity index (χ0v) is 15.6. The number of methoxy groups -OCH3 is 3. The minimum atomic E-state index is -0.329. The van der Waals surface area contributed by atoms with Crippen LogP contribution in [0.4, 0.5) is 0 Å². The van der Waals surface area contributed by atoms with E-state index in [9.17, 15) is 0 Å². The van der Waals surface area contributed by atoms with E-state index < -0.39 is 0 Å². The Balaban J connectivity index is 2.17. The average molecular weight is 377 g/mol. The molecule has 26 heavy (non-hydrogen) atoms. The van der Waals surface area contributed by atoms with Crippen molar-refractivity contribution in [3.8, 4) is 28.5 Å². The molecule has 0 saturated heterocycles. The molecule has 2 aromatic heterocycles. The van der Waals surface area contributed by atoms with E-state index in [2.05, 4.69) is 4.98 Å². The first-order valence-electron chi connectivity index (χ1n) is 7.96. The number of fused-ring (bicyclic) bond motifs is 1. The van der Waals surface area contributed by atoms with Gasteiger partial charge in [0.05, 0.1) is 32.0 Å². The van der Waals surface area contributed by atoms with E-state index in [1.165, 1.54) is 0 Å². The van der Waals surface area contributed by atoms with Crippen LogP contribution in [0.5, 0.6) is 17.2 Å². The van der Waals surface area contributed by atoms with Crippen molar-refractivity contribution in [3.63, 3.8) is 0 Å². The smallest absolute Gasteiger partial charge is 0.141 e. The SMILES string of the molecule is COc1cc(OC)c(-c2cn3cc(C(N)CN)c(OC)cc3n2)cc1Cl. The molecule has 0 fully saturated rings. The molecule has 8 heteroatoms. The lowest BCUT2D eigenvalue weighted by atomic mass is 10.1. The van der Waals surface area contributed by atoms with Gasteiger partial charge >= 0.3 is 0 Å². The molecule has 0 bridgehead atoms. The Bertz CT molecular complexity index is 942. The van der Waals surface area contributed by atoms with E-state index in [-0.39, 0.29) is 6.04 Å². The molecule has 138 valence electrons. The second-order valence-electron chi connectivity index (χ2n) is 5.72. The molecule has 3 aromatic rings. The molecule has 0 aliphatic carbocycles. The topological polar surface area (TPSA) is 97.0 Å². The van der Waals surface area contributed by atoms with Crippen LogP contribution in [-0.2, 0) is 0 Å². The summed E-state index contributed by atoms with van der Waals surface area (Å²) in [6.45, 7) is 0.311. The second-order valence-corrected chi connectivity index (χ2v) is 6.13. The molecule has 0 saturated carbocycles. The summed E-state index contributed by atoms with van der Waals surface area (Å²) in [5.41, 5.74) is 14.8. The normalized spacial score (nSPS) is 12.2. The molecule has 1 unspecified atom stereocenters. The van der Waals surface area contributed by atoms with Gasteiger partial charge in [0.1, 0.15) is 22.9 Å². The Labute approximate surface area is 156 Å². The van der Waals surface area contributed by atoms with E-state index in [1.807, 2.05) is 22.9 Å². The van der Waals surface area contributed by atoms with Crippen molar-refractivity contribution in [2.75, 3.05) is 27.9 Å². The number of halogens is 1. The molecule has 3 rings (SSSR count). The maximum absolute atomic E-state index is 6.27. The average Bonchev–Trinajstić information content (AvgIpc) is 3.08. The summed E-state index contributed by atoms with van der Waals surface area (Å²) in [5.74, 6) is 1.79. The van der Waals surface area contributed by atoms with E-state index in [0.717, 1.165) is 11.1 Å². The largest absolute Gasteiger partial charge is 0.496 e. The maximum Gasteiger partial charge on any atom is 0.141 e. The van der Waals surface area contributed by atoms with Crippen LogP contribution < -0.4 is 25.7 Å². The summed E-state index contributed by atoms with van der Waals surface area (Å²) in [4.78, 5) is 4.65. The third-order valence-electron chi connectivity index (χ3n) is 4.21. The zero-order chi connectivity index (χ0) is 18.8. The number of hydrogen-bond donors (Lipinski definition) is 2. The number of ether oxygens (including phenoxy) is 3. The fourth-order valence-corrected chi connectivity index (χ4v) is 3.05. The number of rotatable bonds is 6. The standard InChI is InChI=1S/C18H21ClN4O3/c1-24-15-5-17(26-3)12(19)4-10(15)14-9-23-8-11(13(21)7-20)16(25-2)6-18(23)22-14/h4-6,8-9,13H,7,20-21H2,1-3H3. The lowest BCUT2D eigenvalue weighted by molar-refractivity contribution is 0.395. The number of pyridine rings is 1. The van der Waals surface area contributed by atoms with Gasteiger partial charge in [0.25, 0.3) is 0 Å². The van der Waals surface area contributed by atoms with Gasteiger partial charge in [-0.1, -0.05) is 11.6 Å². The van der Waals surface area contributed by atoms with Crippen molar-refractivity contribution < 1.29 is 14.2 Å². The van der Waals surface area contributed by atoms with Crippen molar-refractivity contribution in [3.05, 3.63) is 41.2 Å². The summed E-state index contributed by atoms with van der Waals surface area (Å²) in [7, 11) is 4.73. The highest BCUT2D eigenvalue weighted by atomic mass is 35.5. The van der Waals surface area contributed by atoms with Gasteiger partial charge < -0.3 is 30.1 Å². The molecule has 2 heterocycles. The van der Waals surface area contributed by atoms with E-state index in [0.29, 0.717) is 40.2 Å². The zero-order valence-electron chi connectivity index (χ0n) is 14.8. The first kappa shape index (κ1) is 18.3. The highest BCUT2D eigenvalue weighted by Crippen LogP contribution is 2.38. The van der Waals surface area contributed by atoms with Crippen molar-refractivity contribution in [1.82, 2.24) is 9.38 Å². The highest BCUT2D eigenvalue weighted by molar-refractivity contribution is 6.32. The van der Waals surface area contributed by atoms with Crippen LogP contribution in [-0.4, -0.2) is 37.3 Å². The fourth-order valence-electron chi connectivity index (χ4n) is 2.80. The van der Waals surface area contributed by atoms with Crippen molar-refractivity contribution in [1.29, 1.82) is 0 Å². The number of benzene rings is 1. The van der Waals surface area contributed by atoms with Crippen LogP contribution in [0.25, 0.3) is 16.9 Å². The Morgan fingerprint density at radius 2 is 1.73 bits per heavy atom. The van der Waals surface area contributed by atoms with Crippen LogP contribution in [0.1, 0.15) is 11.6 Å². The Kier molecular flexibility index (Phi) is 5.22. The molecular formula is C18H21ClN4O3. The molecule has 1 aromatic carbocycles. The molecule has 0 radical (unpaired) electrons. The van der Waals surface area contributed by atoms with Gasteiger partial charge in [0, 0.05) is 48.2 Å². The number of nitrogens with zero attached hydrogens (tertiary/aromatic N) is 2. The molecule has 0 aliphatic rings. The number of nitrogens with two attached hydrogens (primary N) is 2. The van der Waals surface area contributed by atoms with Crippen molar-refractivity contribution in [2.24, 2.45) is 11.5 Å². The van der Waals surface area contributed by atoms with E-state index in [4.69, 9.17) is 37.3 Å². The second kappa shape index (κ2) is 7.41. The van der Waals surface area contributed by atoms with Crippen LogP contribution in [0, 0.1) is 0 Å². The quantitative estimate of drug-likeness (QED) is 0.686. The summed E-state index contributed by atoms with van der Waals surface area (Å²) in [6, 6.07) is 5.00. The van der Waals surface area contributed by atoms with Gasteiger partial charge in [-0.2, -0.15) is 0 Å². The third kappa shape index (κ3) is 3.16. The summed E-state index contributed by atoms with van der Waals surface area (Å²) in [6.07, 6.45) is 3.75. The summed E-state index contributed by atoms with van der Waals surface area (Å²) >= 11 is 6.27. The van der Waals surface area contributed by atoms with Crippen LogP contribution >= 0.6 is 11.6 Å². The van der Waals surface area contributed by atoms with Gasteiger partial charge in [-0.25, -0.2) is 4.98 Å². The lowest BCUT2D eigenvalue weighted by Gasteiger charge is -2.14. The van der Waals surface area contributed by atoms with Crippen molar-refractivity contribution in [2.45, 2.75) is 6.04 Å². The van der Waals surface area contributed by atoms with Gasteiger partial charge in [0.2, 0.25) is 0 Å². The predicted octanol–water partition coefficient (Wildman–Crippen LogP) is 2.64. The number of hydrogen-bond acceptors (Lipinski definition) is 6. The molecule has 4 N–H and O–H groups in total. The predicted molar refractivity (Wildman–Crippen MR) is 101 cm³/mol. The number of imidazole rings is 1. The minimum Gasteiger partial charge on any atom is -0.496 e. The lowest BCUT2D eigenvalue weighted by Crippen LogP contribution is -2.21. The van der Waals surface area contributed by atoms with Gasteiger partial charge in [0.15, 0.2) is 0 Å². The first-order chi connectivity index (χ1) is 12.5. The Morgan fingerprint density at radius 3 is 2.35 bits per heavy atom. The summed E-state index contributed by atoms with van der Waals surface area (Å²) < 4.78 is 18.0. The first-order valence-corrected chi connectivity index (χ1v) is 8.34.